The predicted molar refractivity (Wildman–Crippen MR) is 66.2 cm³/mol. The minimum absolute atomic E-state index is 0.890. The van der Waals surface area contributed by atoms with Gasteiger partial charge in [-0.3, -0.25) is 0 Å². The van der Waals surface area contributed by atoms with Gasteiger partial charge in [-0.2, -0.15) is 0 Å². The molecule has 0 unspecified atom stereocenters. The summed E-state index contributed by atoms with van der Waals surface area (Å²) >= 11 is 0. The van der Waals surface area contributed by atoms with Gasteiger partial charge in [-0.1, -0.05) is 0 Å². The second kappa shape index (κ2) is 4.13. The van der Waals surface area contributed by atoms with Crippen LogP contribution in [-0.2, 0) is 0 Å². The summed E-state index contributed by atoms with van der Waals surface area (Å²) in [5, 5.41) is 0. The third-order valence-electron chi connectivity index (χ3n) is 3.18. The van der Waals surface area contributed by atoms with Crippen LogP contribution in [0.3, 0.4) is 0 Å². The normalized spacial score (nSPS) is 15.3. The molecule has 0 atom stereocenters. The molecule has 0 spiro atoms. The average molecular weight is 204 g/mol. The SMILES string of the molecule is CCN(CC1CC1)c1ccc(N)c(C)c1. The molecule has 0 amide bonds. The Morgan fingerprint density at radius 3 is 2.67 bits per heavy atom. The molecule has 2 nitrogen and oxygen atoms in total. The highest BCUT2D eigenvalue weighted by Crippen LogP contribution is 2.31. The van der Waals surface area contributed by atoms with E-state index in [0.717, 1.165) is 18.2 Å². The molecule has 1 aromatic carbocycles. The Morgan fingerprint density at radius 2 is 2.13 bits per heavy atom. The molecule has 0 aromatic heterocycles. The maximum Gasteiger partial charge on any atom is 0.0370 e. The Balaban J connectivity index is 2.13. The Bertz CT molecular complexity index is 342. The summed E-state index contributed by atoms with van der Waals surface area (Å²) in [7, 11) is 0. The van der Waals surface area contributed by atoms with Crippen LogP contribution in [0.2, 0.25) is 0 Å². The van der Waals surface area contributed by atoms with Gasteiger partial charge in [0, 0.05) is 24.5 Å². The Morgan fingerprint density at radius 1 is 1.40 bits per heavy atom. The molecule has 15 heavy (non-hydrogen) atoms. The first-order chi connectivity index (χ1) is 7.20. The maximum atomic E-state index is 5.83. The molecule has 1 aromatic rings. The fourth-order valence-corrected chi connectivity index (χ4v) is 1.89. The van der Waals surface area contributed by atoms with Crippen LogP contribution in [0.4, 0.5) is 11.4 Å². The lowest BCUT2D eigenvalue weighted by molar-refractivity contribution is 0.742. The highest BCUT2D eigenvalue weighted by Gasteiger charge is 2.23. The number of aryl methyl sites for hydroxylation is 1. The Labute approximate surface area is 92.1 Å². The predicted octanol–water partition coefficient (Wildman–Crippen LogP) is 2.81. The van der Waals surface area contributed by atoms with E-state index in [1.807, 2.05) is 6.07 Å². The van der Waals surface area contributed by atoms with Crippen molar-refractivity contribution in [3.8, 4) is 0 Å². The van der Waals surface area contributed by atoms with Gasteiger partial charge in [0.15, 0.2) is 0 Å². The molecule has 0 saturated heterocycles. The van der Waals surface area contributed by atoms with Crippen LogP contribution < -0.4 is 10.6 Å². The van der Waals surface area contributed by atoms with Crippen LogP contribution >= 0.6 is 0 Å². The number of anilines is 2. The van der Waals surface area contributed by atoms with E-state index < -0.39 is 0 Å². The fraction of sp³-hybridized carbons (Fsp3) is 0.538. The summed E-state index contributed by atoms with van der Waals surface area (Å²) in [5.41, 5.74) is 9.21. The van der Waals surface area contributed by atoms with Gasteiger partial charge in [0.2, 0.25) is 0 Å². The van der Waals surface area contributed by atoms with E-state index in [4.69, 9.17) is 5.73 Å². The second-order valence-electron chi connectivity index (χ2n) is 4.52. The zero-order valence-corrected chi connectivity index (χ0v) is 9.66. The molecule has 1 aliphatic carbocycles. The van der Waals surface area contributed by atoms with Crippen molar-refractivity contribution in [1.29, 1.82) is 0 Å². The summed E-state index contributed by atoms with van der Waals surface area (Å²) < 4.78 is 0. The van der Waals surface area contributed by atoms with E-state index >= 15 is 0 Å². The molecule has 0 heterocycles. The zero-order valence-electron chi connectivity index (χ0n) is 9.66. The first-order valence-electron chi connectivity index (χ1n) is 5.81. The molecule has 0 aliphatic heterocycles. The largest absolute Gasteiger partial charge is 0.399 e. The van der Waals surface area contributed by atoms with Gasteiger partial charge in [0.05, 0.1) is 0 Å². The fourth-order valence-electron chi connectivity index (χ4n) is 1.89. The minimum atomic E-state index is 0.890. The standard InChI is InChI=1S/C13H20N2/c1-3-15(9-11-4-5-11)12-6-7-13(14)10(2)8-12/h6-8,11H,3-5,9,14H2,1-2H3. The quantitative estimate of drug-likeness (QED) is 0.764. The maximum absolute atomic E-state index is 5.83. The Hall–Kier alpha value is -1.18. The number of nitrogen functional groups attached to an aromatic ring is 1. The van der Waals surface area contributed by atoms with Crippen molar-refractivity contribution in [2.75, 3.05) is 23.7 Å². The van der Waals surface area contributed by atoms with Crippen LogP contribution in [0.15, 0.2) is 18.2 Å². The molecule has 82 valence electrons. The molecule has 1 fully saturated rings. The van der Waals surface area contributed by atoms with Crippen molar-refractivity contribution in [2.24, 2.45) is 5.92 Å². The number of nitrogens with two attached hydrogens (primary N) is 1. The third kappa shape index (κ3) is 2.44. The van der Waals surface area contributed by atoms with Crippen molar-refractivity contribution in [2.45, 2.75) is 26.7 Å². The minimum Gasteiger partial charge on any atom is -0.399 e. The van der Waals surface area contributed by atoms with Crippen molar-refractivity contribution in [1.82, 2.24) is 0 Å². The number of hydrogen-bond acceptors (Lipinski definition) is 2. The van der Waals surface area contributed by atoms with Crippen LogP contribution in [0.25, 0.3) is 0 Å². The molecule has 1 saturated carbocycles. The summed E-state index contributed by atoms with van der Waals surface area (Å²) in [4.78, 5) is 2.45. The lowest BCUT2D eigenvalue weighted by atomic mass is 10.1. The first-order valence-corrected chi connectivity index (χ1v) is 5.81. The van der Waals surface area contributed by atoms with Gasteiger partial charge >= 0.3 is 0 Å². The van der Waals surface area contributed by atoms with Gasteiger partial charge in [-0.25, -0.2) is 0 Å². The van der Waals surface area contributed by atoms with Gasteiger partial charge < -0.3 is 10.6 Å². The van der Waals surface area contributed by atoms with Crippen LogP contribution in [0, 0.1) is 12.8 Å². The molecule has 2 N–H and O–H groups in total. The number of rotatable bonds is 4. The molecular formula is C13H20N2. The van der Waals surface area contributed by atoms with Crippen molar-refractivity contribution in [3.05, 3.63) is 23.8 Å². The molecule has 1 aliphatic rings. The van der Waals surface area contributed by atoms with E-state index in [1.54, 1.807) is 0 Å². The average Bonchev–Trinajstić information content (AvgIpc) is 3.02. The van der Waals surface area contributed by atoms with Gasteiger partial charge in [0.1, 0.15) is 0 Å². The smallest absolute Gasteiger partial charge is 0.0370 e. The van der Waals surface area contributed by atoms with E-state index in [1.165, 1.54) is 30.6 Å². The van der Waals surface area contributed by atoms with E-state index in [0.29, 0.717) is 0 Å². The van der Waals surface area contributed by atoms with Gasteiger partial charge in [0.25, 0.3) is 0 Å². The number of benzene rings is 1. The van der Waals surface area contributed by atoms with Gasteiger partial charge in [-0.15, -0.1) is 0 Å². The van der Waals surface area contributed by atoms with Crippen molar-refractivity contribution < 1.29 is 0 Å². The van der Waals surface area contributed by atoms with Crippen molar-refractivity contribution in [3.63, 3.8) is 0 Å². The first kappa shape index (κ1) is 10.3. The summed E-state index contributed by atoms with van der Waals surface area (Å²) in [6, 6.07) is 6.34. The third-order valence-corrected chi connectivity index (χ3v) is 3.18. The van der Waals surface area contributed by atoms with E-state index in [9.17, 15) is 0 Å². The molecule has 2 heteroatoms. The highest BCUT2D eigenvalue weighted by atomic mass is 15.1. The summed E-state index contributed by atoms with van der Waals surface area (Å²) in [5.74, 6) is 0.933. The van der Waals surface area contributed by atoms with Crippen LogP contribution in [0.1, 0.15) is 25.3 Å². The Kier molecular flexibility index (Phi) is 2.85. The molecule has 2 rings (SSSR count). The number of hydrogen-bond donors (Lipinski definition) is 1. The second-order valence-corrected chi connectivity index (χ2v) is 4.52. The van der Waals surface area contributed by atoms with Crippen molar-refractivity contribution >= 4 is 11.4 Å². The summed E-state index contributed by atoms with van der Waals surface area (Å²) in [6.45, 7) is 6.58. The van der Waals surface area contributed by atoms with E-state index in [-0.39, 0.29) is 0 Å². The van der Waals surface area contributed by atoms with Crippen LogP contribution in [-0.4, -0.2) is 13.1 Å². The van der Waals surface area contributed by atoms with E-state index in [2.05, 4.69) is 30.9 Å². The topological polar surface area (TPSA) is 29.3 Å². The molecule has 0 bridgehead atoms. The van der Waals surface area contributed by atoms with Crippen LogP contribution in [0.5, 0.6) is 0 Å². The van der Waals surface area contributed by atoms with Gasteiger partial charge in [-0.05, 0) is 56.4 Å². The zero-order chi connectivity index (χ0) is 10.8. The monoisotopic (exact) mass is 204 g/mol. The molecular weight excluding hydrogens is 184 g/mol. The lowest BCUT2D eigenvalue weighted by Gasteiger charge is -2.23. The molecule has 0 radical (unpaired) electrons. The summed E-state index contributed by atoms with van der Waals surface area (Å²) in [6.07, 6.45) is 2.81. The lowest BCUT2D eigenvalue weighted by Crippen LogP contribution is -2.25. The number of nitrogens with zero attached hydrogens (tertiary/aromatic N) is 1. The highest BCUT2D eigenvalue weighted by molar-refractivity contribution is 5.58.